The number of rotatable bonds is 3. The van der Waals surface area contributed by atoms with Gasteiger partial charge in [0.05, 0.1) is 5.56 Å². The highest BCUT2D eigenvalue weighted by Crippen LogP contribution is 2.23. The Kier molecular flexibility index (Phi) is 5.96. The van der Waals surface area contributed by atoms with Gasteiger partial charge in [0.15, 0.2) is 5.65 Å². The summed E-state index contributed by atoms with van der Waals surface area (Å²) in [6, 6.07) is 1.69. The molecule has 1 fully saturated rings. The molecule has 0 spiro atoms. The van der Waals surface area contributed by atoms with Crippen LogP contribution >= 0.6 is 0 Å². The van der Waals surface area contributed by atoms with Crippen molar-refractivity contribution in [2.45, 2.75) is 64.8 Å². The van der Waals surface area contributed by atoms with E-state index in [0.29, 0.717) is 24.0 Å². The zero-order chi connectivity index (χ0) is 21.1. The van der Waals surface area contributed by atoms with Gasteiger partial charge in [0.1, 0.15) is 17.9 Å². The Morgan fingerprint density at radius 3 is 2.60 bits per heavy atom. The van der Waals surface area contributed by atoms with Crippen molar-refractivity contribution in [3.8, 4) is 0 Å². The van der Waals surface area contributed by atoms with E-state index >= 15 is 0 Å². The summed E-state index contributed by atoms with van der Waals surface area (Å²) in [5.41, 5.74) is 7.31. The smallest absolute Gasteiger partial charge is 0.272 e. The number of aromatic nitrogens is 3. The minimum atomic E-state index is -0.436. The number of fused-ring (bicyclic) bond motifs is 3. The molecule has 1 saturated heterocycles. The predicted octanol–water partition coefficient (Wildman–Crippen LogP) is 1.63. The van der Waals surface area contributed by atoms with Crippen LogP contribution in [0.3, 0.4) is 0 Å². The summed E-state index contributed by atoms with van der Waals surface area (Å²) >= 11 is 0. The second kappa shape index (κ2) is 8.81. The molecule has 0 unspecified atom stereocenters. The molecule has 2 aromatic rings. The summed E-state index contributed by atoms with van der Waals surface area (Å²) in [5, 5.41) is 0. The van der Waals surface area contributed by atoms with Crippen molar-refractivity contribution < 1.29 is 14.4 Å². The Hall–Kier alpha value is -2.97. The fraction of sp³-hybridized carbons (Fsp3) is 0.571. The first kappa shape index (κ1) is 20.3. The number of hydrogen-bond acceptors (Lipinski definition) is 5. The zero-order valence-corrected chi connectivity index (χ0v) is 17.4. The highest BCUT2D eigenvalue weighted by molar-refractivity contribution is 6.05. The normalized spacial score (nSPS) is 17.2. The number of amides is 3. The van der Waals surface area contributed by atoms with E-state index in [0.717, 1.165) is 68.7 Å². The van der Waals surface area contributed by atoms with E-state index in [9.17, 15) is 14.4 Å². The number of imidazole rings is 1. The fourth-order valence-electron chi connectivity index (χ4n) is 4.20. The van der Waals surface area contributed by atoms with E-state index in [4.69, 9.17) is 4.98 Å². The topological polar surface area (TPSA) is 109 Å². The summed E-state index contributed by atoms with van der Waals surface area (Å²) in [7, 11) is 0. The van der Waals surface area contributed by atoms with Gasteiger partial charge in [-0.05, 0) is 38.7 Å². The second-order valence-electron chi connectivity index (χ2n) is 8.10. The van der Waals surface area contributed by atoms with Crippen molar-refractivity contribution >= 4 is 28.9 Å². The molecule has 4 rings (SSSR count). The average molecular weight is 412 g/mol. The molecule has 0 aromatic carbocycles. The number of aryl methyl sites for hydroxylation is 3. The van der Waals surface area contributed by atoms with E-state index in [2.05, 4.69) is 20.4 Å². The number of hydrogen-bond donors (Lipinski definition) is 2. The summed E-state index contributed by atoms with van der Waals surface area (Å²) in [5.74, 6) is 0.0915. The third-order valence-electron chi connectivity index (χ3n) is 5.76. The van der Waals surface area contributed by atoms with Crippen LogP contribution in [0.25, 0.3) is 11.2 Å². The number of pyridine rings is 1. The van der Waals surface area contributed by atoms with Crippen molar-refractivity contribution in [2.24, 2.45) is 0 Å². The Labute approximate surface area is 175 Å². The van der Waals surface area contributed by atoms with E-state index in [1.165, 1.54) is 0 Å². The van der Waals surface area contributed by atoms with Gasteiger partial charge in [0.25, 0.3) is 11.8 Å². The van der Waals surface area contributed by atoms with Crippen molar-refractivity contribution in [2.75, 3.05) is 13.1 Å². The molecule has 2 aliphatic heterocycles. The predicted molar refractivity (Wildman–Crippen MR) is 110 cm³/mol. The van der Waals surface area contributed by atoms with Crippen LogP contribution in [-0.2, 0) is 22.6 Å². The van der Waals surface area contributed by atoms with Crippen molar-refractivity contribution in [3.05, 3.63) is 23.1 Å². The van der Waals surface area contributed by atoms with Crippen LogP contribution < -0.4 is 10.9 Å². The molecule has 0 radical (unpaired) electrons. The SMILES string of the molecule is Cc1cc(C(=O)NNC(=O)CN2CCCCCC2=O)c2nc3n(c2n1)CCCCC3. The lowest BCUT2D eigenvalue weighted by Gasteiger charge is -2.19. The van der Waals surface area contributed by atoms with Gasteiger partial charge in [-0.15, -0.1) is 0 Å². The first-order chi connectivity index (χ1) is 14.5. The number of likely N-dealkylation sites (tertiary alicyclic amines) is 1. The molecule has 2 N–H and O–H groups in total. The molecular formula is C21H28N6O3. The summed E-state index contributed by atoms with van der Waals surface area (Å²) < 4.78 is 2.11. The molecule has 9 heteroatoms. The fourth-order valence-corrected chi connectivity index (χ4v) is 4.20. The van der Waals surface area contributed by atoms with Crippen LogP contribution in [0.5, 0.6) is 0 Å². The van der Waals surface area contributed by atoms with Crippen molar-refractivity contribution in [3.63, 3.8) is 0 Å². The first-order valence-electron chi connectivity index (χ1n) is 10.8. The van der Waals surface area contributed by atoms with Gasteiger partial charge in [-0.1, -0.05) is 12.8 Å². The molecule has 0 saturated carbocycles. The van der Waals surface area contributed by atoms with Crippen LogP contribution in [0.1, 0.15) is 66.8 Å². The Balaban J connectivity index is 1.47. The van der Waals surface area contributed by atoms with Gasteiger partial charge < -0.3 is 9.47 Å². The van der Waals surface area contributed by atoms with Crippen LogP contribution in [-0.4, -0.2) is 50.2 Å². The van der Waals surface area contributed by atoms with Crippen molar-refractivity contribution in [1.82, 2.24) is 30.3 Å². The minimum Gasteiger partial charge on any atom is -0.333 e. The van der Waals surface area contributed by atoms with Gasteiger partial charge in [-0.25, -0.2) is 9.97 Å². The highest BCUT2D eigenvalue weighted by atomic mass is 16.2. The van der Waals surface area contributed by atoms with Crippen LogP contribution in [0.2, 0.25) is 0 Å². The number of carbonyl (C=O) groups excluding carboxylic acids is 3. The highest BCUT2D eigenvalue weighted by Gasteiger charge is 2.22. The van der Waals surface area contributed by atoms with Crippen LogP contribution in [0, 0.1) is 6.92 Å². The third-order valence-corrected chi connectivity index (χ3v) is 5.76. The number of nitrogens with zero attached hydrogens (tertiary/aromatic N) is 4. The van der Waals surface area contributed by atoms with Gasteiger partial charge in [0.2, 0.25) is 5.91 Å². The second-order valence-corrected chi connectivity index (χ2v) is 8.10. The third kappa shape index (κ3) is 4.29. The minimum absolute atomic E-state index is 0.0139. The molecule has 2 aromatic heterocycles. The molecule has 3 amide bonds. The summed E-state index contributed by atoms with van der Waals surface area (Å²) in [6.45, 7) is 3.22. The van der Waals surface area contributed by atoms with E-state index in [1.807, 2.05) is 6.92 Å². The number of nitrogens with one attached hydrogen (secondary N) is 2. The van der Waals surface area contributed by atoms with Gasteiger partial charge in [-0.3, -0.25) is 25.2 Å². The maximum atomic E-state index is 12.8. The number of carbonyl (C=O) groups is 3. The van der Waals surface area contributed by atoms with Crippen LogP contribution in [0.4, 0.5) is 0 Å². The molecule has 0 bridgehead atoms. The lowest BCUT2D eigenvalue weighted by Crippen LogP contribution is -2.47. The lowest BCUT2D eigenvalue weighted by atomic mass is 10.2. The van der Waals surface area contributed by atoms with Crippen LogP contribution in [0.15, 0.2) is 6.07 Å². The Morgan fingerprint density at radius 2 is 1.77 bits per heavy atom. The average Bonchev–Trinajstić information content (AvgIpc) is 2.88. The molecule has 160 valence electrons. The Morgan fingerprint density at radius 1 is 1.00 bits per heavy atom. The lowest BCUT2D eigenvalue weighted by molar-refractivity contribution is -0.135. The van der Waals surface area contributed by atoms with E-state index in [1.54, 1.807) is 11.0 Å². The molecule has 4 heterocycles. The van der Waals surface area contributed by atoms with Gasteiger partial charge >= 0.3 is 0 Å². The zero-order valence-electron chi connectivity index (χ0n) is 17.4. The molecule has 0 atom stereocenters. The van der Waals surface area contributed by atoms with Gasteiger partial charge in [-0.2, -0.15) is 0 Å². The van der Waals surface area contributed by atoms with E-state index < -0.39 is 11.8 Å². The largest absolute Gasteiger partial charge is 0.333 e. The molecule has 9 nitrogen and oxygen atoms in total. The summed E-state index contributed by atoms with van der Waals surface area (Å²) in [6.07, 6.45) is 7.40. The monoisotopic (exact) mass is 412 g/mol. The first-order valence-corrected chi connectivity index (χ1v) is 10.8. The maximum Gasteiger partial charge on any atom is 0.272 e. The van der Waals surface area contributed by atoms with Gasteiger partial charge in [0, 0.05) is 31.6 Å². The molecular weight excluding hydrogens is 384 g/mol. The maximum absolute atomic E-state index is 12.8. The molecule has 2 aliphatic rings. The quantitative estimate of drug-likeness (QED) is 0.745. The van der Waals surface area contributed by atoms with E-state index in [-0.39, 0.29) is 12.5 Å². The summed E-state index contributed by atoms with van der Waals surface area (Å²) in [4.78, 5) is 48.0. The Bertz CT molecular complexity index is 983. The molecule has 30 heavy (non-hydrogen) atoms. The molecule has 0 aliphatic carbocycles. The van der Waals surface area contributed by atoms with Crippen molar-refractivity contribution in [1.29, 1.82) is 0 Å². The number of hydrazine groups is 1. The standard InChI is InChI=1S/C21H28N6O3/c1-14-12-15(19-20(22-14)27-11-7-2-4-8-16(27)23-19)21(30)25-24-17(28)13-26-10-6-3-5-9-18(26)29/h12H,2-11,13H2,1H3,(H,24,28)(H,25,30).